The summed E-state index contributed by atoms with van der Waals surface area (Å²) in [5.41, 5.74) is 1.71. The number of amides is 1. The van der Waals surface area contributed by atoms with Gasteiger partial charge < -0.3 is 10.0 Å². The minimum atomic E-state index is -2.57. The average molecular weight is 281 g/mol. The van der Waals surface area contributed by atoms with Gasteiger partial charge in [0.05, 0.1) is 18.7 Å². The van der Waals surface area contributed by atoms with Crippen molar-refractivity contribution in [3.63, 3.8) is 0 Å². The molecule has 0 saturated carbocycles. The van der Waals surface area contributed by atoms with E-state index >= 15 is 0 Å². The summed E-state index contributed by atoms with van der Waals surface area (Å²) in [6, 6.07) is 5.05. The first-order valence-corrected chi connectivity index (χ1v) is 6.19. The largest absolute Gasteiger partial charge is 0.395 e. The van der Waals surface area contributed by atoms with Crippen LogP contribution in [0.5, 0.6) is 0 Å². The highest BCUT2D eigenvalue weighted by atomic mass is 19.3. The lowest BCUT2D eigenvalue weighted by Gasteiger charge is -2.17. The van der Waals surface area contributed by atoms with Gasteiger partial charge >= 0.3 is 0 Å². The van der Waals surface area contributed by atoms with E-state index in [2.05, 4.69) is 11.8 Å². The number of alkyl halides is 2. The molecule has 0 saturated heterocycles. The van der Waals surface area contributed by atoms with Crippen LogP contribution >= 0.6 is 0 Å². The van der Waals surface area contributed by atoms with E-state index in [1.807, 2.05) is 6.92 Å². The number of hydrogen-bond acceptors (Lipinski definition) is 2. The van der Waals surface area contributed by atoms with Crippen molar-refractivity contribution in [1.29, 1.82) is 0 Å². The summed E-state index contributed by atoms with van der Waals surface area (Å²) in [5.74, 6) is 5.05. The smallest absolute Gasteiger partial charge is 0.255 e. The Labute approximate surface area is 117 Å². The van der Waals surface area contributed by atoms with Gasteiger partial charge in [-0.15, -0.1) is 0 Å². The Balaban J connectivity index is 3.05. The van der Waals surface area contributed by atoms with Crippen LogP contribution < -0.4 is 0 Å². The molecule has 0 aliphatic heterocycles. The SMILES string of the molecule is Cc1ccc(C(=O)N(C)CC(F)F)c(C#CCCO)c1. The van der Waals surface area contributed by atoms with Gasteiger partial charge in [-0.3, -0.25) is 4.79 Å². The number of carbonyl (C=O) groups excluding carboxylic acids is 1. The molecule has 1 amide bonds. The summed E-state index contributed by atoms with van der Waals surface area (Å²) in [6.07, 6.45) is -2.27. The van der Waals surface area contributed by atoms with Crippen LogP contribution in [0.4, 0.5) is 8.78 Å². The number of hydrogen-bond donors (Lipinski definition) is 1. The van der Waals surface area contributed by atoms with Gasteiger partial charge in [-0.25, -0.2) is 8.78 Å². The van der Waals surface area contributed by atoms with Gasteiger partial charge in [0, 0.05) is 19.0 Å². The summed E-state index contributed by atoms with van der Waals surface area (Å²) in [4.78, 5) is 13.1. The first kappa shape index (κ1) is 16.1. The maximum Gasteiger partial charge on any atom is 0.255 e. The van der Waals surface area contributed by atoms with E-state index in [4.69, 9.17) is 5.11 Å². The lowest BCUT2D eigenvalue weighted by atomic mass is 10.0. The van der Waals surface area contributed by atoms with Crippen molar-refractivity contribution in [2.45, 2.75) is 19.8 Å². The number of rotatable bonds is 4. The van der Waals surface area contributed by atoms with Gasteiger partial charge in [0.2, 0.25) is 0 Å². The third-order valence-electron chi connectivity index (χ3n) is 2.62. The Morgan fingerprint density at radius 2 is 2.15 bits per heavy atom. The number of aliphatic hydroxyl groups is 1. The van der Waals surface area contributed by atoms with E-state index in [-0.39, 0.29) is 6.61 Å². The summed E-state index contributed by atoms with van der Waals surface area (Å²) >= 11 is 0. The predicted molar refractivity (Wildman–Crippen MR) is 72.7 cm³/mol. The van der Waals surface area contributed by atoms with Gasteiger partial charge in [-0.2, -0.15) is 0 Å². The molecule has 0 heterocycles. The molecule has 1 rings (SSSR count). The molecule has 1 N–H and O–H groups in total. The highest BCUT2D eigenvalue weighted by Crippen LogP contribution is 2.14. The van der Waals surface area contributed by atoms with Crippen molar-refractivity contribution in [3.8, 4) is 11.8 Å². The van der Waals surface area contributed by atoms with Crippen LogP contribution in [0.15, 0.2) is 18.2 Å². The monoisotopic (exact) mass is 281 g/mol. The molecular formula is C15H17F2NO2. The third-order valence-corrected chi connectivity index (χ3v) is 2.62. The van der Waals surface area contributed by atoms with E-state index in [1.54, 1.807) is 18.2 Å². The quantitative estimate of drug-likeness (QED) is 0.858. The topological polar surface area (TPSA) is 40.5 Å². The molecule has 0 radical (unpaired) electrons. The highest BCUT2D eigenvalue weighted by Gasteiger charge is 2.18. The number of carbonyl (C=O) groups is 1. The van der Waals surface area contributed by atoms with Crippen LogP contribution in [0, 0.1) is 18.8 Å². The first-order valence-electron chi connectivity index (χ1n) is 6.19. The molecule has 0 aromatic heterocycles. The lowest BCUT2D eigenvalue weighted by molar-refractivity contribution is 0.0620. The fourth-order valence-electron chi connectivity index (χ4n) is 1.66. The standard InChI is InChI=1S/C15H17F2NO2/c1-11-6-7-13(12(9-11)5-3-4-8-19)15(20)18(2)10-14(16)17/h6-7,9,14,19H,4,8,10H2,1-2H3. The Bertz CT molecular complexity index is 532. The van der Waals surface area contributed by atoms with Gasteiger partial charge in [-0.1, -0.05) is 17.9 Å². The van der Waals surface area contributed by atoms with Gasteiger partial charge in [0.1, 0.15) is 0 Å². The second-order valence-corrected chi connectivity index (χ2v) is 4.40. The van der Waals surface area contributed by atoms with Crippen LogP contribution in [0.25, 0.3) is 0 Å². The van der Waals surface area contributed by atoms with Crippen LogP contribution in [0.3, 0.4) is 0 Å². The summed E-state index contributed by atoms with van der Waals surface area (Å²) in [7, 11) is 1.33. The number of aryl methyl sites for hydroxylation is 1. The molecule has 108 valence electrons. The zero-order valence-electron chi connectivity index (χ0n) is 11.5. The minimum absolute atomic E-state index is 0.0621. The molecule has 3 nitrogen and oxygen atoms in total. The van der Waals surface area contributed by atoms with Crippen molar-refractivity contribution >= 4 is 5.91 Å². The van der Waals surface area contributed by atoms with Gasteiger partial charge in [-0.05, 0) is 24.6 Å². The van der Waals surface area contributed by atoms with Gasteiger partial charge in [0.15, 0.2) is 0 Å². The van der Waals surface area contributed by atoms with Crippen molar-refractivity contribution < 1.29 is 18.7 Å². The highest BCUT2D eigenvalue weighted by molar-refractivity contribution is 5.96. The van der Waals surface area contributed by atoms with E-state index < -0.39 is 18.9 Å². The molecule has 0 aliphatic carbocycles. The van der Waals surface area contributed by atoms with E-state index in [0.29, 0.717) is 17.5 Å². The molecule has 0 fully saturated rings. The first-order chi connectivity index (χ1) is 9.45. The van der Waals surface area contributed by atoms with Crippen LogP contribution in [0.1, 0.15) is 27.9 Å². The molecule has 0 aliphatic rings. The zero-order valence-corrected chi connectivity index (χ0v) is 11.5. The summed E-state index contributed by atoms with van der Waals surface area (Å²) in [5, 5.41) is 8.70. The molecular weight excluding hydrogens is 264 g/mol. The molecule has 0 unspecified atom stereocenters. The Hall–Kier alpha value is -1.93. The maximum atomic E-state index is 12.3. The summed E-state index contributed by atoms with van der Waals surface area (Å²) in [6.45, 7) is 1.18. The number of halogens is 2. The van der Waals surface area contributed by atoms with Crippen LogP contribution in [0.2, 0.25) is 0 Å². The number of nitrogens with zero attached hydrogens (tertiary/aromatic N) is 1. The second kappa shape index (κ2) is 7.61. The molecule has 1 aromatic rings. The molecule has 0 bridgehead atoms. The lowest BCUT2D eigenvalue weighted by Crippen LogP contribution is -2.31. The molecule has 0 spiro atoms. The zero-order chi connectivity index (χ0) is 15.1. The van der Waals surface area contributed by atoms with E-state index in [9.17, 15) is 13.6 Å². The van der Waals surface area contributed by atoms with Crippen molar-refractivity contribution in [2.75, 3.05) is 20.2 Å². The fourth-order valence-corrected chi connectivity index (χ4v) is 1.66. The Morgan fingerprint density at radius 1 is 1.45 bits per heavy atom. The van der Waals surface area contributed by atoms with E-state index in [0.717, 1.165) is 10.5 Å². The van der Waals surface area contributed by atoms with Crippen LogP contribution in [-0.2, 0) is 0 Å². The van der Waals surface area contributed by atoms with Crippen LogP contribution in [-0.4, -0.2) is 42.5 Å². The molecule has 1 aromatic carbocycles. The molecule has 20 heavy (non-hydrogen) atoms. The van der Waals surface area contributed by atoms with Crippen molar-refractivity contribution in [3.05, 3.63) is 34.9 Å². The van der Waals surface area contributed by atoms with E-state index in [1.165, 1.54) is 7.05 Å². The summed E-state index contributed by atoms with van der Waals surface area (Å²) < 4.78 is 24.6. The number of benzene rings is 1. The minimum Gasteiger partial charge on any atom is -0.395 e. The average Bonchev–Trinajstić information content (AvgIpc) is 2.37. The van der Waals surface area contributed by atoms with Crippen molar-refractivity contribution in [1.82, 2.24) is 4.90 Å². The second-order valence-electron chi connectivity index (χ2n) is 4.40. The Kier molecular flexibility index (Phi) is 6.13. The normalized spacial score (nSPS) is 10.1. The predicted octanol–water partition coefficient (Wildman–Crippen LogP) is 2.07. The molecule has 5 heteroatoms. The fraction of sp³-hybridized carbons (Fsp3) is 0.400. The molecule has 0 atom stereocenters. The maximum absolute atomic E-state index is 12.3. The third kappa shape index (κ3) is 4.63. The number of aliphatic hydroxyl groups excluding tert-OH is 1. The van der Waals surface area contributed by atoms with Crippen molar-refractivity contribution in [2.24, 2.45) is 0 Å². The Morgan fingerprint density at radius 3 is 2.75 bits per heavy atom. The van der Waals surface area contributed by atoms with Gasteiger partial charge in [0.25, 0.3) is 12.3 Å².